The molecule has 3 aromatic rings. The molecule has 5 nitrogen and oxygen atoms in total. The van der Waals surface area contributed by atoms with E-state index in [1.165, 1.54) is 16.8 Å². The zero-order valence-electron chi connectivity index (χ0n) is 19.1. The predicted octanol–water partition coefficient (Wildman–Crippen LogP) is 6.68. The highest BCUT2D eigenvalue weighted by Crippen LogP contribution is 2.40. The molecule has 1 aromatic heterocycles. The van der Waals surface area contributed by atoms with Crippen LogP contribution >= 0.6 is 15.9 Å². The van der Waals surface area contributed by atoms with Crippen LogP contribution < -0.4 is 10.3 Å². The standard InChI is InChI=1S/C26H28BrN3O2/c1-6-9-30-22-10-16(2)19(12-21(22)17(3)14-26(30,4)5)15-28-29-25(31)24-13-18-11-20(27)7-8-23(18)32-24/h7-8,10-15H,6,9H2,1-5H3,(H,29,31)/b28-15+. The summed E-state index contributed by atoms with van der Waals surface area (Å²) in [4.78, 5) is 15.0. The van der Waals surface area contributed by atoms with Gasteiger partial charge in [-0.2, -0.15) is 5.10 Å². The smallest absolute Gasteiger partial charge is 0.307 e. The first kappa shape index (κ1) is 22.3. The minimum atomic E-state index is -0.379. The number of furan rings is 1. The molecule has 0 spiro atoms. The minimum Gasteiger partial charge on any atom is -0.451 e. The summed E-state index contributed by atoms with van der Waals surface area (Å²) in [6, 6.07) is 11.7. The fourth-order valence-corrected chi connectivity index (χ4v) is 4.74. The van der Waals surface area contributed by atoms with Gasteiger partial charge in [0, 0.05) is 27.7 Å². The van der Waals surface area contributed by atoms with Crippen LogP contribution in [0.15, 0.2) is 56.5 Å². The van der Waals surface area contributed by atoms with Crippen LogP contribution in [0.25, 0.3) is 16.5 Å². The molecule has 1 aliphatic rings. The van der Waals surface area contributed by atoms with Gasteiger partial charge in [-0.15, -0.1) is 0 Å². The molecule has 0 saturated carbocycles. The summed E-state index contributed by atoms with van der Waals surface area (Å²) in [7, 11) is 0. The molecular weight excluding hydrogens is 466 g/mol. The Labute approximate surface area is 197 Å². The molecule has 1 amide bonds. The maximum atomic E-state index is 12.5. The topological polar surface area (TPSA) is 57.8 Å². The maximum absolute atomic E-state index is 12.5. The Morgan fingerprint density at radius 1 is 1.22 bits per heavy atom. The molecule has 6 heteroatoms. The number of amides is 1. The van der Waals surface area contributed by atoms with E-state index in [0.29, 0.717) is 5.58 Å². The fraction of sp³-hybridized carbons (Fsp3) is 0.308. The van der Waals surface area contributed by atoms with E-state index in [4.69, 9.17) is 4.42 Å². The highest BCUT2D eigenvalue weighted by atomic mass is 79.9. The van der Waals surface area contributed by atoms with Crippen LogP contribution in [-0.2, 0) is 0 Å². The molecule has 32 heavy (non-hydrogen) atoms. The molecule has 0 radical (unpaired) electrons. The largest absolute Gasteiger partial charge is 0.451 e. The summed E-state index contributed by atoms with van der Waals surface area (Å²) in [6.07, 6.45) is 5.11. The Balaban J connectivity index is 1.57. The Morgan fingerprint density at radius 3 is 2.75 bits per heavy atom. The number of carbonyl (C=O) groups excluding carboxylic acids is 1. The van der Waals surface area contributed by atoms with Gasteiger partial charge in [0.25, 0.3) is 0 Å². The zero-order chi connectivity index (χ0) is 23.0. The molecule has 0 atom stereocenters. The maximum Gasteiger partial charge on any atom is 0.307 e. The number of fused-ring (bicyclic) bond motifs is 2. The lowest BCUT2D eigenvalue weighted by molar-refractivity contribution is 0.0929. The molecule has 1 N–H and O–H groups in total. The van der Waals surface area contributed by atoms with E-state index in [-0.39, 0.29) is 17.2 Å². The second kappa shape index (κ2) is 8.58. The van der Waals surface area contributed by atoms with Gasteiger partial charge in [-0.3, -0.25) is 4.79 Å². The van der Waals surface area contributed by atoms with Crippen molar-refractivity contribution in [2.24, 2.45) is 5.10 Å². The number of hydrogen-bond donors (Lipinski definition) is 1. The molecule has 0 bridgehead atoms. The lowest BCUT2D eigenvalue weighted by Gasteiger charge is -2.43. The van der Waals surface area contributed by atoms with Gasteiger partial charge in [-0.05, 0) is 87.2 Å². The summed E-state index contributed by atoms with van der Waals surface area (Å²) < 4.78 is 6.57. The average Bonchev–Trinajstić information content (AvgIpc) is 3.14. The third kappa shape index (κ3) is 4.24. The van der Waals surface area contributed by atoms with Crippen LogP contribution in [0.4, 0.5) is 5.69 Å². The number of nitrogens with zero attached hydrogens (tertiary/aromatic N) is 2. The number of nitrogens with one attached hydrogen (secondary N) is 1. The molecule has 166 valence electrons. The van der Waals surface area contributed by atoms with Gasteiger partial charge >= 0.3 is 5.91 Å². The number of anilines is 1. The van der Waals surface area contributed by atoms with Crippen molar-refractivity contribution in [1.82, 2.24) is 5.43 Å². The van der Waals surface area contributed by atoms with E-state index in [2.05, 4.69) is 84.2 Å². The number of hydrazone groups is 1. The second-order valence-electron chi connectivity index (χ2n) is 8.85. The molecule has 0 saturated heterocycles. The first-order valence-corrected chi connectivity index (χ1v) is 11.6. The average molecular weight is 494 g/mol. The van der Waals surface area contributed by atoms with Crippen molar-refractivity contribution in [3.05, 3.63) is 69.4 Å². The van der Waals surface area contributed by atoms with Crippen molar-refractivity contribution >= 4 is 50.3 Å². The van der Waals surface area contributed by atoms with Gasteiger partial charge in [-0.25, -0.2) is 5.43 Å². The summed E-state index contributed by atoms with van der Waals surface area (Å²) in [5, 5.41) is 5.06. The highest BCUT2D eigenvalue weighted by Gasteiger charge is 2.31. The lowest BCUT2D eigenvalue weighted by atomic mass is 9.87. The molecular formula is C26H28BrN3O2. The molecule has 0 fully saturated rings. The molecule has 1 aliphatic heterocycles. The molecule has 0 unspecified atom stereocenters. The van der Waals surface area contributed by atoms with Gasteiger partial charge in [0.1, 0.15) is 5.58 Å². The van der Waals surface area contributed by atoms with Crippen molar-refractivity contribution in [1.29, 1.82) is 0 Å². The third-order valence-electron chi connectivity index (χ3n) is 5.88. The summed E-state index contributed by atoms with van der Waals surface area (Å²) in [5.74, 6) is -0.148. The Morgan fingerprint density at radius 2 is 2.00 bits per heavy atom. The highest BCUT2D eigenvalue weighted by molar-refractivity contribution is 9.10. The summed E-state index contributed by atoms with van der Waals surface area (Å²) >= 11 is 3.43. The van der Waals surface area contributed by atoms with Crippen LogP contribution in [0.5, 0.6) is 0 Å². The van der Waals surface area contributed by atoms with Gasteiger partial charge in [0.05, 0.1) is 11.8 Å². The number of rotatable bonds is 5. The second-order valence-corrected chi connectivity index (χ2v) is 9.77. The third-order valence-corrected chi connectivity index (χ3v) is 6.38. The van der Waals surface area contributed by atoms with Crippen molar-refractivity contribution in [2.45, 2.75) is 46.6 Å². The number of allylic oxidation sites excluding steroid dienone is 1. The first-order valence-electron chi connectivity index (χ1n) is 10.8. The minimum absolute atomic E-state index is 0.0225. The summed E-state index contributed by atoms with van der Waals surface area (Å²) in [5.41, 5.74) is 9.02. The number of benzene rings is 2. The SMILES string of the molecule is CCCN1c2cc(C)c(/C=N/NC(=O)c3cc4cc(Br)ccc4o3)cc2C(C)=CC1(C)C. The number of carbonyl (C=O) groups is 1. The molecule has 0 aliphatic carbocycles. The van der Waals surface area contributed by atoms with Crippen LogP contribution in [0.3, 0.4) is 0 Å². The normalized spacial score (nSPS) is 15.2. The summed E-state index contributed by atoms with van der Waals surface area (Å²) in [6.45, 7) is 11.9. The van der Waals surface area contributed by atoms with Gasteiger partial charge < -0.3 is 9.32 Å². The molecule has 4 rings (SSSR count). The van der Waals surface area contributed by atoms with E-state index < -0.39 is 0 Å². The Kier molecular flexibility index (Phi) is 5.99. The molecule has 2 heterocycles. The van der Waals surface area contributed by atoms with Crippen molar-refractivity contribution < 1.29 is 9.21 Å². The van der Waals surface area contributed by atoms with Crippen LogP contribution in [-0.4, -0.2) is 24.2 Å². The number of aryl methyl sites for hydroxylation is 1. The van der Waals surface area contributed by atoms with Crippen LogP contribution in [0, 0.1) is 6.92 Å². The zero-order valence-corrected chi connectivity index (χ0v) is 20.7. The van der Waals surface area contributed by atoms with E-state index >= 15 is 0 Å². The van der Waals surface area contributed by atoms with E-state index in [9.17, 15) is 4.79 Å². The van der Waals surface area contributed by atoms with Crippen molar-refractivity contribution in [3.8, 4) is 0 Å². The lowest BCUT2D eigenvalue weighted by Crippen LogP contribution is -2.45. The van der Waals surface area contributed by atoms with Crippen LogP contribution in [0.2, 0.25) is 0 Å². The Bertz CT molecular complexity index is 1250. The number of hydrogen-bond acceptors (Lipinski definition) is 4. The van der Waals surface area contributed by atoms with E-state index in [1.807, 2.05) is 18.2 Å². The predicted molar refractivity (Wildman–Crippen MR) is 136 cm³/mol. The van der Waals surface area contributed by atoms with Gasteiger partial charge in [-0.1, -0.05) is 28.9 Å². The van der Waals surface area contributed by atoms with Crippen molar-refractivity contribution in [3.63, 3.8) is 0 Å². The van der Waals surface area contributed by atoms with Gasteiger partial charge in [0.15, 0.2) is 5.76 Å². The first-order chi connectivity index (χ1) is 15.2. The quantitative estimate of drug-likeness (QED) is 0.318. The van der Waals surface area contributed by atoms with Crippen molar-refractivity contribution in [2.75, 3.05) is 11.4 Å². The monoisotopic (exact) mass is 493 g/mol. The number of halogens is 1. The van der Waals surface area contributed by atoms with Gasteiger partial charge in [0.2, 0.25) is 0 Å². The Hall–Kier alpha value is -2.86. The fourth-order valence-electron chi connectivity index (χ4n) is 4.36. The van der Waals surface area contributed by atoms with Crippen LogP contribution in [0.1, 0.15) is 61.4 Å². The molecule has 2 aromatic carbocycles. The van der Waals surface area contributed by atoms with E-state index in [0.717, 1.165) is 34.0 Å². The van der Waals surface area contributed by atoms with E-state index in [1.54, 1.807) is 12.3 Å².